The summed E-state index contributed by atoms with van der Waals surface area (Å²) in [6.45, 7) is 1.83. The van der Waals surface area contributed by atoms with Gasteiger partial charge < -0.3 is 14.8 Å². The second-order valence-electron chi connectivity index (χ2n) is 14.1. The zero-order chi connectivity index (χ0) is 34.1. The third kappa shape index (κ3) is 5.50. The number of fused-ring (bicyclic) bond motifs is 1. The minimum Gasteiger partial charge on any atom is -0.367 e. The number of anilines is 2. The van der Waals surface area contributed by atoms with Crippen molar-refractivity contribution >= 4 is 17.3 Å². The Morgan fingerprint density at radius 3 is 2.43 bits per heavy atom. The van der Waals surface area contributed by atoms with Gasteiger partial charge in [0.2, 0.25) is 0 Å². The highest BCUT2D eigenvalue weighted by atomic mass is 19.4. The minimum atomic E-state index is -4.64. The number of aromatic nitrogens is 3. The van der Waals surface area contributed by atoms with Crippen LogP contribution in [0.2, 0.25) is 0 Å². The van der Waals surface area contributed by atoms with Gasteiger partial charge >= 0.3 is 6.18 Å². The first-order chi connectivity index (χ1) is 23.5. The Balaban J connectivity index is 1.22. The van der Waals surface area contributed by atoms with Gasteiger partial charge in [0, 0.05) is 42.6 Å². The fourth-order valence-electron chi connectivity index (χ4n) is 7.67. The molecule has 8 rings (SSSR count). The molecule has 4 aromatic rings. The molecule has 9 nitrogen and oxygen atoms in total. The number of aryl methyl sites for hydroxylation is 1. The number of benzene rings is 3. The van der Waals surface area contributed by atoms with E-state index in [4.69, 9.17) is 0 Å². The number of alkyl halides is 3. The summed E-state index contributed by atoms with van der Waals surface area (Å²) in [5.41, 5.74) is 2.48. The molecule has 1 amide bonds. The van der Waals surface area contributed by atoms with Crippen LogP contribution in [0, 0.1) is 28.1 Å². The molecule has 0 atom stereocenters. The first kappa shape index (κ1) is 31.1. The van der Waals surface area contributed by atoms with Crippen LogP contribution in [0.5, 0.6) is 0 Å². The molecule has 1 aromatic heterocycles. The molecule has 2 aliphatic heterocycles. The molecule has 49 heavy (non-hydrogen) atoms. The quantitative estimate of drug-likeness (QED) is 0.226. The standard InChI is InChI=1S/C37H33F3N8O/c1-46-22-43-45-33(46)28-4-3-23(17-41)11-29(28)25-14-26(44-36(20-42)5-2-6-36)16-27(15-25)48-19-31-30(34(48)49)12-24(13-32(31)37(38,39)40)18-47-10-9-35(21-47)7-8-35/h3-4,11-16,22,44H,2,5-10,18-19,21H2,1H3. The summed E-state index contributed by atoms with van der Waals surface area (Å²) in [4.78, 5) is 17.7. The van der Waals surface area contributed by atoms with Gasteiger partial charge in [0.15, 0.2) is 5.82 Å². The lowest BCUT2D eigenvalue weighted by atomic mass is 9.78. The number of nitrogens with one attached hydrogen (secondary N) is 1. The Morgan fingerprint density at radius 2 is 1.80 bits per heavy atom. The number of carbonyl (C=O) groups excluding carboxylic acids is 1. The fraction of sp³-hybridized carbons (Fsp3) is 0.378. The maximum absolute atomic E-state index is 14.6. The van der Waals surface area contributed by atoms with E-state index in [-0.39, 0.29) is 17.7 Å². The molecule has 12 heteroatoms. The van der Waals surface area contributed by atoms with Crippen LogP contribution < -0.4 is 10.2 Å². The number of carbonyl (C=O) groups is 1. The Morgan fingerprint density at radius 1 is 0.980 bits per heavy atom. The van der Waals surface area contributed by atoms with Crippen molar-refractivity contribution in [2.75, 3.05) is 23.3 Å². The van der Waals surface area contributed by atoms with Gasteiger partial charge in [0.25, 0.3) is 5.91 Å². The fourth-order valence-corrected chi connectivity index (χ4v) is 7.67. The van der Waals surface area contributed by atoms with E-state index in [0.717, 1.165) is 25.9 Å². The van der Waals surface area contributed by atoms with Gasteiger partial charge in [-0.1, -0.05) is 0 Å². The number of rotatable bonds is 7. The smallest absolute Gasteiger partial charge is 0.367 e. The van der Waals surface area contributed by atoms with Crippen molar-refractivity contribution in [2.24, 2.45) is 12.5 Å². The normalized spacial score (nSPS) is 19.0. The topological polar surface area (TPSA) is 114 Å². The minimum absolute atomic E-state index is 0.0417. The molecule has 2 saturated carbocycles. The second kappa shape index (κ2) is 11.2. The highest BCUT2D eigenvalue weighted by Gasteiger charge is 2.48. The van der Waals surface area contributed by atoms with Gasteiger partial charge in [0.05, 0.1) is 29.8 Å². The van der Waals surface area contributed by atoms with Crippen LogP contribution in [0.4, 0.5) is 24.5 Å². The number of hydrogen-bond acceptors (Lipinski definition) is 7. The van der Waals surface area contributed by atoms with Crippen LogP contribution in [0.1, 0.15) is 71.1 Å². The van der Waals surface area contributed by atoms with Gasteiger partial charge in [0.1, 0.15) is 11.9 Å². The van der Waals surface area contributed by atoms with Gasteiger partial charge in [-0.2, -0.15) is 23.7 Å². The Kier molecular flexibility index (Phi) is 7.09. The lowest BCUT2D eigenvalue weighted by Gasteiger charge is -2.37. The zero-order valence-electron chi connectivity index (χ0n) is 26.9. The number of hydrogen-bond donors (Lipinski definition) is 1. The SMILES string of the molecule is Cn1cnnc1-c1ccc(C#N)cc1-c1cc(NC2(C#N)CCC2)cc(N2Cc3c(cc(CN4CCC5(CC5)C4)cc3C(F)(F)F)C2=O)c1. The van der Waals surface area contributed by atoms with E-state index in [1.807, 2.05) is 6.07 Å². The molecular weight excluding hydrogens is 629 g/mol. The highest BCUT2D eigenvalue weighted by molar-refractivity contribution is 6.11. The molecule has 3 heterocycles. The molecule has 248 valence electrons. The third-order valence-electron chi connectivity index (χ3n) is 10.7. The summed E-state index contributed by atoms with van der Waals surface area (Å²) in [6, 6.07) is 17.9. The summed E-state index contributed by atoms with van der Waals surface area (Å²) in [6.07, 6.45) is 2.49. The van der Waals surface area contributed by atoms with Gasteiger partial charge in [-0.25, -0.2) is 0 Å². The average molecular weight is 663 g/mol. The highest BCUT2D eigenvalue weighted by Crippen LogP contribution is 2.53. The monoisotopic (exact) mass is 662 g/mol. The summed E-state index contributed by atoms with van der Waals surface area (Å²) in [5, 5.41) is 31.4. The van der Waals surface area contributed by atoms with E-state index >= 15 is 0 Å². The van der Waals surface area contributed by atoms with Crippen LogP contribution in [-0.2, 0) is 26.3 Å². The summed E-state index contributed by atoms with van der Waals surface area (Å²) < 4.78 is 45.6. The number of amides is 1. The molecule has 1 saturated heterocycles. The molecule has 4 aliphatic rings. The summed E-state index contributed by atoms with van der Waals surface area (Å²) in [5.74, 6) is 0.0352. The molecule has 2 aliphatic carbocycles. The molecule has 1 spiro atoms. The van der Waals surface area contributed by atoms with E-state index in [1.54, 1.807) is 54.3 Å². The lowest BCUT2D eigenvalue weighted by molar-refractivity contribution is -0.138. The molecule has 3 aromatic carbocycles. The van der Waals surface area contributed by atoms with Crippen molar-refractivity contribution < 1.29 is 18.0 Å². The number of nitriles is 2. The molecule has 0 radical (unpaired) electrons. The van der Waals surface area contributed by atoms with Crippen LogP contribution >= 0.6 is 0 Å². The molecule has 1 N–H and O–H groups in total. The van der Waals surface area contributed by atoms with Crippen LogP contribution in [-0.4, -0.2) is 44.2 Å². The summed E-state index contributed by atoms with van der Waals surface area (Å²) >= 11 is 0. The van der Waals surface area contributed by atoms with E-state index in [1.165, 1.54) is 23.8 Å². The molecule has 0 bridgehead atoms. The van der Waals surface area contributed by atoms with Crippen molar-refractivity contribution in [1.29, 1.82) is 10.5 Å². The van der Waals surface area contributed by atoms with Crippen molar-refractivity contribution in [1.82, 2.24) is 19.7 Å². The van der Waals surface area contributed by atoms with Crippen LogP contribution in [0.3, 0.4) is 0 Å². The molecule has 3 fully saturated rings. The lowest BCUT2D eigenvalue weighted by Crippen LogP contribution is -2.43. The maximum Gasteiger partial charge on any atom is 0.416 e. The molecular formula is C37H33F3N8O. The number of likely N-dealkylation sites (tertiary alicyclic amines) is 1. The number of halogens is 3. The first-order valence-corrected chi connectivity index (χ1v) is 16.5. The average Bonchev–Trinajstić information content (AvgIpc) is 3.32. The van der Waals surface area contributed by atoms with E-state index < -0.39 is 23.2 Å². The Labute approximate surface area is 281 Å². The predicted octanol–water partition coefficient (Wildman–Crippen LogP) is 7.04. The van der Waals surface area contributed by atoms with Crippen molar-refractivity contribution in [2.45, 2.75) is 63.3 Å². The first-order valence-electron chi connectivity index (χ1n) is 16.5. The Bertz CT molecular complexity index is 2100. The Hall–Kier alpha value is -5.20. The van der Waals surface area contributed by atoms with Gasteiger partial charge in [-0.3, -0.25) is 9.69 Å². The van der Waals surface area contributed by atoms with E-state index in [0.29, 0.717) is 69.8 Å². The van der Waals surface area contributed by atoms with Gasteiger partial charge in [-0.15, -0.1) is 10.2 Å². The summed E-state index contributed by atoms with van der Waals surface area (Å²) in [7, 11) is 1.80. The third-order valence-corrected chi connectivity index (χ3v) is 10.7. The van der Waals surface area contributed by atoms with Gasteiger partial charge in [-0.05, 0) is 121 Å². The van der Waals surface area contributed by atoms with Crippen molar-refractivity contribution in [3.63, 3.8) is 0 Å². The van der Waals surface area contributed by atoms with Crippen LogP contribution in [0.15, 0.2) is 54.9 Å². The van der Waals surface area contributed by atoms with Crippen LogP contribution in [0.25, 0.3) is 22.5 Å². The van der Waals surface area contributed by atoms with Crippen molar-refractivity contribution in [3.8, 4) is 34.7 Å². The van der Waals surface area contributed by atoms with E-state index in [9.17, 15) is 28.5 Å². The van der Waals surface area contributed by atoms with Crippen molar-refractivity contribution in [3.05, 3.63) is 82.7 Å². The van der Waals surface area contributed by atoms with E-state index in [2.05, 4.69) is 32.6 Å². The number of nitrogens with zero attached hydrogens (tertiary/aromatic N) is 7. The second-order valence-corrected chi connectivity index (χ2v) is 14.1. The maximum atomic E-state index is 14.6. The largest absolute Gasteiger partial charge is 0.416 e. The predicted molar refractivity (Wildman–Crippen MR) is 176 cm³/mol. The molecule has 0 unspecified atom stereocenters. The zero-order valence-corrected chi connectivity index (χ0v) is 26.9.